The molecule has 0 saturated heterocycles. The van der Waals surface area contributed by atoms with Crippen LogP contribution in [0.5, 0.6) is 0 Å². The molecule has 4 heteroatoms. The Morgan fingerprint density at radius 2 is 1.95 bits per heavy atom. The van der Waals surface area contributed by atoms with Gasteiger partial charge in [-0.15, -0.1) is 0 Å². The van der Waals surface area contributed by atoms with Crippen LogP contribution in [0.2, 0.25) is 0 Å². The fourth-order valence-corrected chi connectivity index (χ4v) is 2.48. The Morgan fingerprint density at radius 3 is 2.67 bits per heavy atom. The Kier molecular flexibility index (Phi) is 5.79. The first kappa shape index (κ1) is 16.0. The van der Waals surface area contributed by atoms with Crippen LogP contribution < -0.4 is 4.90 Å². The van der Waals surface area contributed by atoms with E-state index in [0.717, 1.165) is 32.8 Å². The van der Waals surface area contributed by atoms with E-state index in [4.69, 9.17) is 0 Å². The predicted octanol–water partition coefficient (Wildman–Crippen LogP) is 1.90. The fourth-order valence-electron chi connectivity index (χ4n) is 2.48. The van der Waals surface area contributed by atoms with Gasteiger partial charge in [-0.1, -0.05) is 18.2 Å². The van der Waals surface area contributed by atoms with Crippen LogP contribution in [-0.2, 0) is 6.54 Å². The molecule has 0 fully saturated rings. The van der Waals surface area contributed by atoms with E-state index in [1.54, 1.807) is 0 Å². The van der Waals surface area contributed by atoms with Crippen LogP contribution in [0.3, 0.4) is 0 Å². The summed E-state index contributed by atoms with van der Waals surface area (Å²) >= 11 is 0. The maximum absolute atomic E-state index is 2.37. The Morgan fingerprint density at radius 1 is 1.14 bits per heavy atom. The molecule has 1 aliphatic heterocycles. The zero-order chi connectivity index (χ0) is 15.2. The topological polar surface area (TPSA) is 13.0 Å². The summed E-state index contributed by atoms with van der Waals surface area (Å²) in [4.78, 5) is 9.20. The molecule has 0 bridgehead atoms. The van der Waals surface area contributed by atoms with Gasteiger partial charge < -0.3 is 14.7 Å². The van der Waals surface area contributed by atoms with Crippen LogP contribution in [0.1, 0.15) is 5.56 Å². The summed E-state index contributed by atoms with van der Waals surface area (Å²) in [5.41, 5.74) is 2.65. The first-order valence-electron chi connectivity index (χ1n) is 7.58. The Balaban J connectivity index is 1.97. The van der Waals surface area contributed by atoms with E-state index in [9.17, 15) is 0 Å². The van der Waals surface area contributed by atoms with Gasteiger partial charge in [0, 0.05) is 38.1 Å². The van der Waals surface area contributed by atoms with E-state index >= 15 is 0 Å². The third-order valence-electron chi connectivity index (χ3n) is 3.72. The first-order chi connectivity index (χ1) is 10.0. The van der Waals surface area contributed by atoms with Crippen LogP contribution in [-0.4, -0.2) is 69.2 Å². The van der Waals surface area contributed by atoms with Gasteiger partial charge in [0.05, 0.1) is 6.67 Å². The maximum atomic E-state index is 2.37. The zero-order valence-electron chi connectivity index (χ0n) is 13.8. The van der Waals surface area contributed by atoms with E-state index in [1.165, 1.54) is 11.3 Å². The average molecular weight is 288 g/mol. The largest absolute Gasteiger partial charge is 0.335 e. The lowest BCUT2D eigenvalue weighted by Gasteiger charge is -2.30. The smallest absolute Gasteiger partial charge is 0.0750 e. The molecule has 1 heterocycles. The normalized spacial score (nSPS) is 16.2. The van der Waals surface area contributed by atoms with Crippen LogP contribution >= 0.6 is 0 Å². The summed E-state index contributed by atoms with van der Waals surface area (Å²) in [6, 6.07) is 8.86. The van der Waals surface area contributed by atoms with Gasteiger partial charge in [-0.25, -0.2) is 0 Å². The van der Waals surface area contributed by atoms with Crippen LogP contribution in [0.15, 0.2) is 36.5 Å². The lowest BCUT2D eigenvalue weighted by molar-refractivity contribution is 0.276. The second-order valence-corrected chi connectivity index (χ2v) is 6.25. The summed E-state index contributed by atoms with van der Waals surface area (Å²) < 4.78 is 0. The van der Waals surface area contributed by atoms with Gasteiger partial charge in [0.1, 0.15) is 0 Å². The summed E-state index contributed by atoms with van der Waals surface area (Å²) in [5.74, 6) is 0. The van der Waals surface area contributed by atoms with E-state index in [0.29, 0.717) is 0 Å². The second kappa shape index (κ2) is 7.59. The van der Waals surface area contributed by atoms with E-state index in [2.05, 4.69) is 84.3 Å². The monoisotopic (exact) mass is 288 g/mol. The van der Waals surface area contributed by atoms with Gasteiger partial charge >= 0.3 is 0 Å². The molecule has 0 N–H and O–H groups in total. The van der Waals surface area contributed by atoms with Crippen molar-refractivity contribution < 1.29 is 0 Å². The molecular formula is C17H28N4. The van der Waals surface area contributed by atoms with Crippen LogP contribution in [0.25, 0.3) is 0 Å². The third kappa shape index (κ3) is 5.16. The highest BCUT2D eigenvalue weighted by atomic mass is 15.3. The predicted molar refractivity (Wildman–Crippen MR) is 90.4 cm³/mol. The lowest BCUT2D eigenvalue weighted by atomic mass is 10.1. The number of nitrogens with zero attached hydrogens (tertiary/aromatic N) is 4. The molecule has 0 unspecified atom stereocenters. The van der Waals surface area contributed by atoms with Crippen molar-refractivity contribution in [2.24, 2.45) is 0 Å². The van der Waals surface area contributed by atoms with Gasteiger partial charge in [-0.3, -0.25) is 4.90 Å². The van der Waals surface area contributed by atoms with Crippen molar-refractivity contribution in [1.82, 2.24) is 14.7 Å². The van der Waals surface area contributed by atoms with Crippen molar-refractivity contribution in [2.45, 2.75) is 6.54 Å². The van der Waals surface area contributed by atoms with Crippen molar-refractivity contribution in [3.63, 3.8) is 0 Å². The average Bonchev–Trinajstić information content (AvgIpc) is 2.45. The fraction of sp³-hybridized carbons (Fsp3) is 0.529. The molecule has 116 valence electrons. The summed E-state index contributed by atoms with van der Waals surface area (Å²) in [6.45, 7) is 5.16. The van der Waals surface area contributed by atoms with Crippen molar-refractivity contribution in [1.29, 1.82) is 0 Å². The minimum Gasteiger partial charge on any atom is -0.335 e. The molecule has 0 radical (unpaired) electrons. The number of likely N-dealkylation sites (N-methyl/N-ethyl adjacent to an activating group) is 3. The minimum atomic E-state index is 0.955. The van der Waals surface area contributed by atoms with Gasteiger partial charge in [0.25, 0.3) is 0 Å². The molecule has 1 aliphatic rings. The quantitative estimate of drug-likeness (QED) is 0.792. The highest BCUT2D eigenvalue weighted by Crippen LogP contribution is 2.19. The molecular weight excluding hydrogens is 260 g/mol. The number of anilines is 1. The molecule has 1 aromatic rings. The molecule has 0 amide bonds. The zero-order valence-corrected chi connectivity index (χ0v) is 13.8. The van der Waals surface area contributed by atoms with Crippen molar-refractivity contribution in [3.8, 4) is 0 Å². The molecule has 21 heavy (non-hydrogen) atoms. The molecule has 0 aliphatic carbocycles. The molecule has 2 rings (SSSR count). The van der Waals surface area contributed by atoms with Crippen molar-refractivity contribution in [3.05, 3.63) is 42.1 Å². The second-order valence-electron chi connectivity index (χ2n) is 6.25. The molecule has 0 aromatic heterocycles. The molecule has 4 nitrogen and oxygen atoms in total. The molecule has 0 saturated carbocycles. The van der Waals surface area contributed by atoms with Gasteiger partial charge in [0.15, 0.2) is 0 Å². The summed E-state index contributed by atoms with van der Waals surface area (Å²) in [5, 5.41) is 0. The van der Waals surface area contributed by atoms with E-state index in [1.807, 2.05) is 0 Å². The van der Waals surface area contributed by atoms with Gasteiger partial charge in [-0.05, 0) is 45.9 Å². The van der Waals surface area contributed by atoms with Gasteiger partial charge in [0.2, 0.25) is 0 Å². The Hall–Kier alpha value is -1.36. The number of rotatable bonds is 6. The van der Waals surface area contributed by atoms with Crippen LogP contribution in [0.4, 0.5) is 5.69 Å². The van der Waals surface area contributed by atoms with Crippen LogP contribution in [0, 0.1) is 0 Å². The Labute approximate surface area is 129 Å². The van der Waals surface area contributed by atoms with E-state index in [-0.39, 0.29) is 0 Å². The SMILES string of the molecule is CN(C)CCN(C)Cc1cccc(N2C=CCN(C)C2)c1. The molecule has 0 spiro atoms. The maximum Gasteiger partial charge on any atom is 0.0750 e. The number of hydrogen-bond donors (Lipinski definition) is 0. The van der Waals surface area contributed by atoms with Crippen molar-refractivity contribution in [2.75, 3.05) is 59.4 Å². The molecule has 1 aromatic carbocycles. The first-order valence-corrected chi connectivity index (χ1v) is 7.58. The Bertz CT molecular complexity index is 470. The third-order valence-corrected chi connectivity index (χ3v) is 3.72. The highest BCUT2D eigenvalue weighted by molar-refractivity contribution is 5.51. The summed E-state index contributed by atoms with van der Waals surface area (Å²) in [6.07, 6.45) is 4.40. The highest BCUT2D eigenvalue weighted by Gasteiger charge is 2.11. The molecule has 0 atom stereocenters. The summed E-state index contributed by atoms with van der Waals surface area (Å²) in [7, 11) is 8.57. The van der Waals surface area contributed by atoms with E-state index < -0.39 is 0 Å². The van der Waals surface area contributed by atoms with Crippen molar-refractivity contribution >= 4 is 5.69 Å². The standard InChI is InChI=1S/C17H28N4/c1-18(2)11-12-19(3)14-16-7-5-8-17(13-16)21-10-6-9-20(4)15-21/h5-8,10,13H,9,11-12,14-15H2,1-4H3. The van der Waals surface area contributed by atoms with Gasteiger partial charge in [-0.2, -0.15) is 0 Å². The minimum absolute atomic E-state index is 0.955. The number of benzene rings is 1. The number of hydrogen-bond acceptors (Lipinski definition) is 4. The lowest BCUT2D eigenvalue weighted by Crippen LogP contribution is -2.36.